The predicted molar refractivity (Wildman–Crippen MR) is 64.5 cm³/mol. The van der Waals surface area contributed by atoms with Crippen LogP contribution in [0.15, 0.2) is 12.2 Å². The molecule has 0 aromatic rings. The third-order valence-corrected chi connectivity index (χ3v) is 5.94. The molecule has 3 aliphatic rings. The molecule has 0 bridgehead atoms. The van der Waals surface area contributed by atoms with Crippen LogP contribution in [0.25, 0.3) is 0 Å². The van der Waals surface area contributed by atoms with Crippen LogP contribution in [-0.4, -0.2) is 0 Å². The average molecular weight is 204 g/mol. The molecule has 84 valence electrons. The molecule has 0 radical (unpaired) electrons. The third-order valence-electron chi connectivity index (χ3n) is 5.94. The van der Waals surface area contributed by atoms with Crippen LogP contribution in [0.4, 0.5) is 0 Å². The van der Waals surface area contributed by atoms with Crippen molar-refractivity contribution in [1.29, 1.82) is 0 Å². The molecule has 15 heavy (non-hydrogen) atoms. The highest BCUT2D eigenvalue weighted by Crippen LogP contribution is 2.79. The summed E-state index contributed by atoms with van der Waals surface area (Å²) < 4.78 is 0. The summed E-state index contributed by atoms with van der Waals surface area (Å²) in [5, 5.41) is 0. The van der Waals surface area contributed by atoms with Gasteiger partial charge in [0.05, 0.1) is 0 Å². The zero-order valence-electron chi connectivity index (χ0n) is 10.4. The quantitative estimate of drug-likeness (QED) is 0.559. The van der Waals surface area contributed by atoms with E-state index in [0.717, 1.165) is 35.0 Å². The highest BCUT2D eigenvalue weighted by Gasteiger charge is 2.73. The summed E-state index contributed by atoms with van der Waals surface area (Å²) >= 11 is 0. The Bertz CT molecular complexity index is 301. The lowest BCUT2D eigenvalue weighted by molar-refractivity contribution is 0.142. The van der Waals surface area contributed by atoms with E-state index in [1.54, 1.807) is 5.57 Å². The first-order chi connectivity index (χ1) is 7.09. The minimum Gasteiger partial charge on any atom is -0.0995 e. The Balaban J connectivity index is 1.91. The Kier molecular flexibility index (Phi) is 1.92. The first kappa shape index (κ1) is 9.93. The molecule has 0 aromatic carbocycles. The molecule has 0 heterocycles. The second-order valence-electron chi connectivity index (χ2n) is 6.66. The fourth-order valence-electron chi connectivity index (χ4n) is 5.14. The van der Waals surface area contributed by atoms with Crippen molar-refractivity contribution < 1.29 is 0 Å². The minimum absolute atomic E-state index is 0.740. The van der Waals surface area contributed by atoms with Crippen LogP contribution in [-0.2, 0) is 0 Å². The van der Waals surface area contributed by atoms with Crippen LogP contribution < -0.4 is 0 Å². The second kappa shape index (κ2) is 2.90. The Morgan fingerprint density at radius 1 is 1.33 bits per heavy atom. The van der Waals surface area contributed by atoms with Gasteiger partial charge in [0.25, 0.3) is 0 Å². The lowest BCUT2D eigenvalue weighted by Gasteiger charge is -2.35. The van der Waals surface area contributed by atoms with Crippen molar-refractivity contribution in [1.82, 2.24) is 0 Å². The van der Waals surface area contributed by atoms with Crippen LogP contribution in [0.3, 0.4) is 0 Å². The number of rotatable bonds is 1. The van der Waals surface area contributed by atoms with Gasteiger partial charge in [0.2, 0.25) is 0 Å². The average Bonchev–Trinajstić information content (AvgIpc) is 2.75. The number of allylic oxidation sites excluding steroid dienone is 1. The smallest absolute Gasteiger partial charge is 0.0107 e. The van der Waals surface area contributed by atoms with Crippen LogP contribution in [0, 0.1) is 35.0 Å². The van der Waals surface area contributed by atoms with Gasteiger partial charge in [-0.15, -0.1) is 0 Å². The maximum atomic E-state index is 4.32. The lowest BCUT2D eigenvalue weighted by Crippen LogP contribution is -2.27. The summed E-state index contributed by atoms with van der Waals surface area (Å²) in [6.07, 6.45) is 5.75. The second-order valence-corrected chi connectivity index (χ2v) is 6.66. The number of fused-ring (bicyclic) bond motifs is 1. The van der Waals surface area contributed by atoms with Crippen LogP contribution >= 0.6 is 0 Å². The topological polar surface area (TPSA) is 0 Å². The van der Waals surface area contributed by atoms with E-state index in [9.17, 15) is 0 Å². The monoisotopic (exact) mass is 204 g/mol. The van der Waals surface area contributed by atoms with E-state index in [2.05, 4.69) is 27.4 Å². The molecule has 3 fully saturated rings. The zero-order chi connectivity index (χ0) is 10.8. The fraction of sp³-hybridized carbons (Fsp3) is 0.867. The summed E-state index contributed by atoms with van der Waals surface area (Å²) in [5.41, 5.74) is 2.34. The molecule has 5 atom stereocenters. The molecule has 3 saturated carbocycles. The van der Waals surface area contributed by atoms with Crippen molar-refractivity contribution in [3.05, 3.63) is 12.2 Å². The highest BCUT2D eigenvalue weighted by molar-refractivity contribution is 5.33. The summed E-state index contributed by atoms with van der Waals surface area (Å²) in [7, 11) is 0. The molecule has 0 N–H and O–H groups in total. The minimum atomic E-state index is 0.740. The molecule has 3 rings (SSSR count). The molecule has 1 spiro atoms. The number of hydrogen-bond donors (Lipinski definition) is 0. The van der Waals surface area contributed by atoms with Gasteiger partial charge >= 0.3 is 0 Å². The summed E-state index contributed by atoms with van der Waals surface area (Å²) in [6, 6.07) is 0. The molecule has 4 unspecified atom stereocenters. The van der Waals surface area contributed by atoms with Crippen molar-refractivity contribution in [3.63, 3.8) is 0 Å². The van der Waals surface area contributed by atoms with Gasteiger partial charge in [-0.05, 0) is 60.7 Å². The first-order valence-corrected chi connectivity index (χ1v) is 6.76. The molecule has 0 aliphatic heterocycles. The molecule has 0 amide bonds. The van der Waals surface area contributed by atoms with E-state index in [1.165, 1.54) is 25.7 Å². The van der Waals surface area contributed by atoms with Crippen LogP contribution in [0.2, 0.25) is 0 Å². The molecular formula is C15H24. The van der Waals surface area contributed by atoms with Crippen molar-refractivity contribution >= 4 is 0 Å². The summed E-state index contributed by atoms with van der Waals surface area (Å²) in [4.78, 5) is 0. The molecule has 0 aromatic heterocycles. The van der Waals surface area contributed by atoms with Gasteiger partial charge in [-0.25, -0.2) is 0 Å². The Hall–Kier alpha value is -0.260. The highest BCUT2D eigenvalue weighted by atomic mass is 14.8. The molecule has 0 heteroatoms. The van der Waals surface area contributed by atoms with E-state index in [4.69, 9.17) is 0 Å². The summed E-state index contributed by atoms with van der Waals surface area (Å²) in [6.45, 7) is 11.7. The van der Waals surface area contributed by atoms with Crippen LogP contribution in [0.1, 0.15) is 46.5 Å². The van der Waals surface area contributed by atoms with Gasteiger partial charge < -0.3 is 0 Å². The largest absolute Gasteiger partial charge is 0.0995 e. The van der Waals surface area contributed by atoms with E-state index < -0.39 is 0 Å². The molecule has 3 aliphatic carbocycles. The fourth-order valence-corrected chi connectivity index (χ4v) is 5.14. The van der Waals surface area contributed by atoms with Gasteiger partial charge in [0.1, 0.15) is 0 Å². The third kappa shape index (κ3) is 1.04. The lowest BCUT2D eigenvalue weighted by atomic mass is 9.70. The van der Waals surface area contributed by atoms with E-state index in [-0.39, 0.29) is 0 Å². The van der Waals surface area contributed by atoms with Crippen molar-refractivity contribution in [3.8, 4) is 0 Å². The molecule has 0 saturated heterocycles. The number of hydrogen-bond acceptors (Lipinski definition) is 0. The zero-order valence-corrected chi connectivity index (χ0v) is 10.4. The van der Waals surface area contributed by atoms with E-state index >= 15 is 0 Å². The Labute approximate surface area is 94.1 Å². The predicted octanol–water partition coefficient (Wildman–Crippen LogP) is 4.27. The Morgan fingerprint density at radius 3 is 2.73 bits per heavy atom. The molecule has 0 nitrogen and oxygen atoms in total. The standard InChI is InChI=1S/C15H24/c1-9(2)12-6-5-11(4)15-8-7-10(3)13(15)14(12)15/h9,11-14H,3,5-8H2,1-2,4H3/t11?,12-,13?,14?,15?/m0/s1. The van der Waals surface area contributed by atoms with Gasteiger partial charge in [0, 0.05) is 0 Å². The summed E-state index contributed by atoms with van der Waals surface area (Å²) in [5.74, 6) is 4.83. The first-order valence-electron chi connectivity index (χ1n) is 6.76. The van der Waals surface area contributed by atoms with Gasteiger partial charge in [-0.3, -0.25) is 0 Å². The SMILES string of the molecule is C=C1CCC23C(C)CC[C@@H](C(C)C)C2C13. The van der Waals surface area contributed by atoms with E-state index in [0.29, 0.717) is 0 Å². The maximum absolute atomic E-state index is 4.32. The maximum Gasteiger partial charge on any atom is -0.0107 e. The Morgan fingerprint density at radius 2 is 2.07 bits per heavy atom. The van der Waals surface area contributed by atoms with Crippen molar-refractivity contribution in [2.75, 3.05) is 0 Å². The normalized spacial score (nSPS) is 52.9. The van der Waals surface area contributed by atoms with Gasteiger partial charge in [-0.2, -0.15) is 0 Å². The van der Waals surface area contributed by atoms with Crippen molar-refractivity contribution in [2.45, 2.75) is 46.5 Å². The molecular weight excluding hydrogens is 180 g/mol. The van der Waals surface area contributed by atoms with Gasteiger partial charge in [0.15, 0.2) is 0 Å². The van der Waals surface area contributed by atoms with Crippen molar-refractivity contribution in [2.24, 2.45) is 35.0 Å². The van der Waals surface area contributed by atoms with E-state index in [1.807, 2.05) is 0 Å². The van der Waals surface area contributed by atoms with Crippen LogP contribution in [0.5, 0.6) is 0 Å². The van der Waals surface area contributed by atoms with Gasteiger partial charge in [-0.1, -0.05) is 32.9 Å².